The number of rotatable bonds is 5. The molecule has 0 aliphatic carbocycles. The molecule has 0 saturated carbocycles. The molecule has 0 unspecified atom stereocenters. The normalized spacial score (nSPS) is 14.9. The maximum atomic E-state index is 12.3. The fourth-order valence-electron chi connectivity index (χ4n) is 3.00. The van der Waals surface area contributed by atoms with Gasteiger partial charge in [0, 0.05) is 6.54 Å². The zero-order chi connectivity index (χ0) is 16.1. The van der Waals surface area contributed by atoms with E-state index >= 15 is 0 Å². The van der Waals surface area contributed by atoms with E-state index in [1.807, 2.05) is 29.8 Å². The summed E-state index contributed by atoms with van der Waals surface area (Å²) in [5, 5.41) is 14.6. The Morgan fingerprint density at radius 1 is 1.29 bits per heavy atom. The van der Waals surface area contributed by atoms with Gasteiger partial charge in [0.1, 0.15) is 0 Å². The van der Waals surface area contributed by atoms with Crippen LogP contribution in [0.2, 0.25) is 0 Å². The molecule has 1 fully saturated rings. The standard InChI is InChI=1S/C17H23N5O.ClH/c1-13-16(20-21-22(13)15-8-10-18-11-9-15)17(23)19-12-7-14-5-3-2-4-6-14;/h2-6,15,18H,7-12H2,1H3,(H,19,23);1H. The van der Waals surface area contributed by atoms with Crippen molar-refractivity contribution in [3.8, 4) is 0 Å². The highest BCUT2D eigenvalue weighted by molar-refractivity contribution is 5.93. The molecule has 1 aliphatic heterocycles. The number of carbonyl (C=O) groups excluding carboxylic acids is 1. The average Bonchev–Trinajstić information content (AvgIpc) is 2.98. The number of nitrogens with zero attached hydrogens (tertiary/aromatic N) is 3. The van der Waals surface area contributed by atoms with E-state index in [9.17, 15) is 4.79 Å². The van der Waals surface area contributed by atoms with Crippen molar-refractivity contribution in [2.24, 2.45) is 0 Å². The Labute approximate surface area is 148 Å². The van der Waals surface area contributed by atoms with Crippen molar-refractivity contribution in [3.63, 3.8) is 0 Å². The van der Waals surface area contributed by atoms with Crippen LogP contribution in [0.1, 0.15) is 40.6 Å². The molecule has 0 atom stereocenters. The highest BCUT2D eigenvalue weighted by Gasteiger charge is 2.22. The van der Waals surface area contributed by atoms with Gasteiger partial charge < -0.3 is 10.6 Å². The van der Waals surface area contributed by atoms with Crippen LogP contribution in [0.4, 0.5) is 0 Å². The molecule has 2 N–H and O–H groups in total. The van der Waals surface area contributed by atoms with Crippen molar-refractivity contribution >= 4 is 18.3 Å². The van der Waals surface area contributed by atoms with Crippen molar-refractivity contribution in [1.82, 2.24) is 25.6 Å². The van der Waals surface area contributed by atoms with Crippen LogP contribution in [0.3, 0.4) is 0 Å². The van der Waals surface area contributed by atoms with E-state index in [2.05, 4.69) is 33.1 Å². The Kier molecular flexibility index (Phi) is 6.75. The van der Waals surface area contributed by atoms with Gasteiger partial charge in [-0.15, -0.1) is 17.5 Å². The molecule has 1 aromatic carbocycles. The minimum Gasteiger partial charge on any atom is -0.350 e. The lowest BCUT2D eigenvalue weighted by Crippen LogP contribution is -2.30. The first-order valence-corrected chi connectivity index (χ1v) is 8.20. The van der Waals surface area contributed by atoms with Crippen molar-refractivity contribution < 1.29 is 4.79 Å². The summed E-state index contributed by atoms with van der Waals surface area (Å²) in [6.07, 6.45) is 2.87. The largest absolute Gasteiger partial charge is 0.350 e. The molecule has 3 rings (SSSR count). The minimum absolute atomic E-state index is 0. The Morgan fingerprint density at radius 3 is 2.71 bits per heavy atom. The summed E-state index contributed by atoms with van der Waals surface area (Å²) >= 11 is 0. The van der Waals surface area contributed by atoms with Gasteiger partial charge in [0.15, 0.2) is 5.69 Å². The first-order chi connectivity index (χ1) is 11.3. The monoisotopic (exact) mass is 349 g/mol. The van der Waals surface area contributed by atoms with Crippen LogP contribution in [-0.4, -0.2) is 40.5 Å². The summed E-state index contributed by atoms with van der Waals surface area (Å²) in [4.78, 5) is 12.3. The maximum Gasteiger partial charge on any atom is 0.273 e. The molecule has 1 aliphatic rings. The number of nitrogens with one attached hydrogen (secondary N) is 2. The Balaban J connectivity index is 0.00000208. The zero-order valence-electron chi connectivity index (χ0n) is 13.9. The lowest BCUT2D eigenvalue weighted by molar-refractivity contribution is 0.0948. The predicted octanol–water partition coefficient (Wildman–Crippen LogP) is 1.91. The van der Waals surface area contributed by atoms with E-state index in [4.69, 9.17) is 0 Å². The lowest BCUT2D eigenvalue weighted by atomic mass is 10.1. The summed E-state index contributed by atoms with van der Waals surface area (Å²) in [5.41, 5.74) is 2.51. The average molecular weight is 350 g/mol. The quantitative estimate of drug-likeness (QED) is 0.865. The molecule has 6 nitrogen and oxygen atoms in total. The SMILES string of the molecule is Cc1c(C(=O)NCCc2ccccc2)nnn1C1CCNCC1.Cl. The van der Waals surface area contributed by atoms with Gasteiger partial charge in [-0.05, 0) is 44.8 Å². The van der Waals surface area contributed by atoms with Crippen LogP contribution in [0, 0.1) is 6.92 Å². The molecule has 7 heteroatoms. The minimum atomic E-state index is -0.140. The third-order valence-electron chi connectivity index (χ3n) is 4.34. The molecular formula is C17H24ClN5O. The summed E-state index contributed by atoms with van der Waals surface area (Å²) in [6.45, 7) is 4.50. The number of halogens is 1. The first-order valence-electron chi connectivity index (χ1n) is 8.20. The van der Waals surface area contributed by atoms with Crippen LogP contribution < -0.4 is 10.6 Å². The first kappa shape index (κ1) is 18.4. The molecule has 2 heterocycles. The number of hydrogen-bond donors (Lipinski definition) is 2. The lowest BCUT2D eigenvalue weighted by Gasteiger charge is -2.23. The Hall–Kier alpha value is -1.92. The third kappa shape index (κ3) is 4.33. The van der Waals surface area contributed by atoms with E-state index < -0.39 is 0 Å². The summed E-state index contributed by atoms with van der Waals surface area (Å²) in [7, 11) is 0. The van der Waals surface area contributed by atoms with Gasteiger partial charge in [-0.3, -0.25) is 4.79 Å². The van der Waals surface area contributed by atoms with Crippen molar-refractivity contribution in [3.05, 3.63) is 47.3 Å². The summed E-state index contributed by atoms with van der Waals surface area (Å²) < 4.78 is 1.91. The molecule has 0 radical (unpaired) electrons. The molecule has 1 amide bonds. The van der Waals surface area contributed by atoms with E-state index in [-0.39, 0.29) is 18.3 Å². The highest BCUT2D eigenvalue weighted by Crippen LogP contribution is 2.20. The van der Waals surface area contributed by atoms with E-state index in [0.717, 1.165) is 38.0 Å². The van der Waals surface area contributed by atoms with E-state index in [1.54, 1.807) is 0 Å². The molecule has 0 spiro atoms. The van der Waals surface area contributed by atoms with Crippen molar-refractivity contribution in [1.29, 1.82) is 0 Å². The number of hydrogen-bond acceptors (Lipinski definition) is 4. The maximum absolute atomic E-state index is 12.3. The number of carbonyl (C=O) groups is 1. The zero-order valence-corrected chi connectivity index (χ0v) is 14.7. The molecule has 1 saturated heterocycles. The van der Waals surface area contributed by atoms with Gasteiger partial charge in [0.2, 0.25) is 0 Å². The summed E-state index contributed by atoms with van der Waals surface area (Å²) in [5.74, 6) is -0.140. The van der Waals surface area contributed by atoms with E-state index in [0.29, 0.717) is 18.3 Å². The van der Waals surface area contributed by atoms with Crippen molar-refractivity contribution in [2.45, 2.75) is 32.2 Å². The Bertz CT molecular complexity index is 652. The number of amides is 1. The Morgan fingerprint density at radius 2 is 2.00 bits per heavy atom. The van der Waals surface area contributed by atoms with Crippen LogP contribution in [0.15, 0.2) is 30.3 Å². The van der Waals surface area contributed by atoms with Gasteiger partial charge in [-0.25, -0.2) is 4.68 Å². The molecular weight excluding hydrogens is 326 g/mol. The van der Waals surface area contributed by atoms with E-state index in [1.165, 1.54) is 5.56 Å². The fourth-order valence-corrected chi connectivity index (χ4v) is 3.00. The number of piperidine rings is 1. The van der Waals surface area contributed by atoms with Gasteiger partial charge in [0.25, 0.3) is 5.91 Å². The molecule has 24 heavy (non-hydrogen) atoms. The van der Waals surface area contributed by atoms with Crippen LogP contribution in [0.5, 0.6) is 0 Å². The highest BCUT2D eigenvalue weighted by atomic mass is 35.5. The van der Waals surface area contributed by atoms with Gasteiger partial charge in [-0.2, -0.15) is 0 Å². The predicted molar refractivity (Wildman–Crippen MR) is 95.6 cm³/mol. The fraction of sp³-hybridized carbons (Fsp3) is 0.471. The van der Waals surface area contributed by atoms with Gasteiger partial charge in [0.05, 0.1) is 11.7 Å². The smallest absolute Gasteiger partial charge is 0.273 e. The van der Waals surface area contributed by atoms with Gasteiger partial charge >= 0.3 is 0 Å². The van der Waals surface area contributed by atoms with Crippen LogP contribution >= 0.6 is 12.4 Å². The van der Waals surface area contributed by atoms with Crippen LogP contribution in [-0.2, 0) is 6.42 Å². The second-order valence-corrected chi connectivity index (χ2v) is 5.94. The molecule has 2 aromatic rings. The molecule has 130 valence electrons. The second-order valence-electron chi connectivity index (χ2n) is 5.94. The molecule has 0 bridgehead atoms. The molecule has 1 aromatic heterocycles. The second kappa shape index (κ2) is 8.80. The number of aromatic nitrogens is 3. The topological polar surface area (TPSA) is 71.8 Å². The van der Waals surface area contributed by atoms with Crippen LogP contribution in [0.25, 0.3) is 0 Å². The van der Waals surface area contributed by atoms with Crippen molar-refractivity contribution in [2.75, 3.05) is 19.6 Å². The van der Waals surface area contributed by atoms with Gasteiger partial charge in [-0.1, -0.05) is 35.5 Å². The third-order valence-corrected chi connectivity index (χ3v) is 4.34. The summed E-state index contributed by atoms with van der Waals surface area (Å²) in [6, 6.07) is 10.5. The number of benzene rings is 1.